The number of benzene rings is 1. The Morgan fingerprint density at radius 2 is 1.91 bits per heavy atom. The first-order valence-corrected chi connectivity index (χ1v) is 11.7. The van der Waals surface area contributed by atoms with Gasteiger partial charge in [-0.15, -0.1) is 0 Å². The highest BCUT2D eigenvalue weighted by Gasteiger charge is 2.26. The number of hydrogen-bond donors (Lipinski definition) is 0. The van der Waals surface area contributed by atoms with E-state index in [-0.39, 0.29) is 0 Å². The summed E-state index contributed by atoms with van der Waals surface area (Å²) in [7, 11) is 0. The molecular formula is C26H31N7. The molecule has 1 aliphatic heterocycles. The molecule has 1 aromatic carbocycles. The second kappa shape index (κ2) is 8.46. The van der Waals surface area contributed by atoms with Crippen LogP contribution in [0.25, 0.3) is 17.2 Å². The maximum absolute atomic E-state index is 4.92. The summed E-state index contributed by atoms with van der Waals surface area (Å²) < 4.78 is 3.89. The normalized spacial score (nSPS) is 16.6. The van der Waals surface area contributed by atoms with Gasteiger partial charge in [-0.1, -0.05) is 32.6 Å². The first-order chi connectivity index (χ1) is 15.9. The van der Waals surface area contributed by atoms with Crippen LogP contribution in [-0.2, 0) is 0 Å². The minimum absolute atomic E-state index is 0.341. The Kier molecular flexibility index (Phi) is 5.48. The third-order valence-electron chi connectivity index (χ3n) is 6.62. The Hall–Kier alpha value is -3.48. The lowest BCUT2D eigenvalue weighted by molar-refractivity contribution is 0.289. The van der Waals surface area contributed by atoms with Gasteiger partial charge in [0.15, 0.2) is 0 Å². The zero-order chi connectivity index (χ0) is 23.1. The minimum Gasteiger partial charge on any atom is -0.370 e. The maximum atomic E-state index is 4.92. The fourth-order valence-corrected chi connectivity index (χ4v) is 4.75. The monoisotopic (exact) mass is 441 g/mol. The van der Waals surface area contributed by atoms with E-state index in [2.05, 4.69) is 83.7 Å². The molecular weight excluding hydrogens is 410 g/mol. The van der Waals surface area contributed by atoms with Gasteiger partial charge >= 0.3 is 0 Å². The van der Waals surface area contributed by atoms with Crippen LogP contribution < -0.4 is 0 Å². The largest absolute Gasteiger partial charge is 0.370 e. The van der Waals surface area contributed by atoms with E-state index in [1.54, 1.807) is 6.33 Å². The number of rotatable bonds is 5. The van der Waals surface area contributed by atoms with Crippen molar-refractivity contribution in [3.05, 3.63) is 77.6 Å². The summed E-state index contributed by atoms with van der Waals surface area (Å²) >= 11 is 0. The smallest absolute Gasteiger partial charge is 0.252 e. The molecule has 1 atom stereocenters. The molecule has 170 valence electrons. The Labute approximate surface area is 194 Å². The molecule has 1 saturated heterocycles. The van der Waals surface area contributed by atoms with Gasteiger partial charge in [0.1, 0.15) is 12.0 Å². The summed E-state index contributed by atoms with van der Waals surface area (Å²) in [6, 6.07) is 12.9. The molecule has 1 fully saturated rings. The summed E-state index contributed by atoms with van der Waals surface area (Å²) in [5.41, 5.74) is 7.55. The van der Waals surface area contributed by atoms with E-state index < -0.39 is 0 Å². The first-order valence-electron chi connectivity index (χ1n) is 11.7. The quantitative estimate of drug-likeness (QED) is 0.441. The van der Waals surface area contributed by atoms with Crippen LogP contribution in [-0.4, -0.2) is 47.4 Å². The number of piperidine rings is 1. The van der Waals surface area contributed by atoms with E-state index in [1.807, 2.05) is 16.1 Å². The van der Waals surface area contributed by atoms with Crippen molar-refractivity contribution in [3.63, 3.8) is 0 Å². The summed E-state index contributed by atoms with van der Waals surface area (Å²) in [6.07, 6.45) is 3.78. The fourth-order valence-electron chi connectivity index (χ4n) is 4.75. The molecule has 3 aromatic heterocycles. The van der Waals surface area contributed by atoms with Crippen LogP contribution in [0.15, 0.2) is 49.3 Å². The SMILES string of the molecule is C=C(c1cc(C)n(-c2ccc(C(C)C)cc2)n1)N1CCCC(c2cc(C)nc3ncnn23)C1. The molecule has 33 heavy (non-hydrogen) atoms. The Balaban J connectivity index is 1.38. The van der Waals surface area contributed by atoms with Crippen molar-refractivity contribution in [1.82, 2.24) is 34.3 Å². The molecule has 0 bridgehead atoms. The van der Waals surface area contributed by atoms with Gasteiger partial charge < -0.3 is 4.90 Å². The molecule has 7 nitrogen and oxygen atoms in total. The lowest BCUT2D eigenvalue weighted by Gasteiger charge is -2.35. The predicted octanol–water partition coefficient (Wildman–Crippen LogP) is 4.90. The van der Waals surface area contributed by atoms with Gasteiger partial charge in [0.05, 0.1) is 17.1 Å². The summed E-state index contributed by atoms with van der Waals surface area (Å²) in [6.45, 7) is 14.8. The molecule has 0 N–H and O–H groups in total. The first kappa shape index (κ1) is 21.4. The fraction of sp³-hybridized carbons (Fsp3) is 0.385. The van der Waals surface area contributed by atoms with Crippen LogP contribution in [0.4, 0.5) is 0 Å². The van der Waals surface area contributed by atoms with Gasteiger partial charge in [0.2, 0.25) is 0 Å². The Morgan fingerprint density at radius 3 is 2.67 bits per heavy atom. The number of nitrogens with zero attached hydrogens (tertiary/aromatic N) is 7. The standard InChI is InChI=1S/C26H31N7/c1-17(2)21-8-10-23(11-9-21)32-19(4)14-24(30-32)20(5)31-12-6-7-22(15-31)25-13-18(3)29-26-27-16-28-33(25)26/h8-11,13-14,16-17,22H,5-7,12,15H2,1-4H3. The van der Waals surface area contributed by atoms with Crippen LogP contribution in [0.1, 0.15) is 66.9 Å². The molecule has 1 aliphatic rings. The second-order valence-corrected chi connectivity index (χ2v) is 9.36. The minimum atomic E-state index is 0.341. The lowest BCUT2D eigenvalue weighted by Crippen LogP contribution is -2.33. The highest BCUT2D eigenvalue weighted by Crippen LogP contribution is 2.31. The van der Waals surface area contributed by atoms with Gasteiger partial charge in [-0.3, -0.25) is 0 Å². The molecule has 0 spiro atoms. The van der Waals surface area contributed by atoms with E-state index in [1.165, 1.54) is 11.3 Å². The summed E-state index contributed by atoms with van der Waals surface area (Å²) in [4.78, 5) is 11.1. The average molecular weight is 442 g/mol. The number of fused-ring (bicyclic) bond motifs is 1. The van der Waals surface area contributed by atoms with Gasteiger partial charge in [-0.05, 0) is 62.4 Å². The second-order valence-electron chi connectivity index (χ2n) is 9.36. The van der Waals surface area contributed by atoms with Crippen LogP contribution in [0.5, 0.6) is 0 Å². The molecule has 0 saturated carbocycles. The van der Waals surface area contributed by atoms with E-state index in [9.17, 15) is 0 Å². The van der Waals surface area contributed by atoms with Crippen LogP contribution in [0, 0.1) is 13.8 Å². The van der Waals surface area contributed by atoms with Crippen molar-refractivity contribution in [2.75, 3.05) is 13.1 Å². The predicted molar refractivity (Wildman–Crippen MR) is 130 cm³/mol. The van der Waals surface area contributed by atoms with Gasteiger partial charge in [-0.2, -0.15) is 15.2 Å². The van der Waals surface area contributed by atoms with E-state index >= 15 is 0 Å². The van der Waals surface area contributed by atoms with Gasteiger partial charge in [-0.25, -0.2) is 14.2 Å². The van der Waals surface area contributed by atoms with Gasteiger partial charge in [0.25, 0.3) is 5.78 Å². The molecule has 5 rings (SSSR count). The van der Waals surface area contributed by atoms with Crippen molar-refractivity contribution in [3.8, 4) is 5.69 Å². The van der Waals surface area contributed by atoms with E-state index in [4.69, 9.17) is 5.10 Å². The van der Waals surface area contributed by atoms with Crippen molar-refractivity contribution < 1.29 is 0 Å². The molecule has 4 heterocycles. The topological polar surface area (TPSA) is 64.1 Å². The van der Waals surface area contributed by atoms with Crippen molar-refractivity contribution in [2.24, 2.45) is 0 Å². The third kappa shape index (κ3) is 4.03. The van der Waals surface area contributed by atoms with E-state index in [0.717, 1.165) is 54.4 Å². The zero-order valence-electron chi connectivity index (χ0n) is 19.9. The highest BCUT2D eigenvalue weighted by molar-refractivity contribution is 5.59. The Morgan fingerprint density at radius 1 is 1.12 bits per heavy atom. The van der Waals surface area contributed by atoms with Crippen molar-refractivity contribution in [2.45, 2.75) is 52.4 Å². The molecule has 4 aromatic rings. The maximum Gasteiger partial charge on any atom is 0.252 e. The number of hydrogen-bond acceptors (Lipinski definition) is 5. The van der Waals surface area contributed by atoms with Gasteiger partial charge in [0, 0.05) is 30.4 Å². The lowest BCUT2D eigenvalue weighted by atomic mass is 9.93. The molecule has 7 heteroatoms. The summed E-state index contributed by atoms with van der Waals surface area (Å²) in [5, 5.41) is 9.34. The number of aryl methyl sites for hydroxylation is 2. The summed E-state index contributed by atoms with van der Waals surface area (Å²) in [5.74, 6) is 1.52. The Bertz CT molecular complexity index is 1300. The number of likely N-dealkylation sites (tertiary alicyclic amines) is 1. The third-order valence-corrected chi connectivity index (χ3v) is 6.62. The molecule has 0 aliphatic carbocycles. The van der Waals surface area contributed by atoms with Crippen molar-refractivity contribution in [1.29, 1.82) is 0 Å². The van der Waals surface area contributed by atoms with Crippen LogP contribution >= 0.6 is 0 Å². The number of aromatic nitrogens is 6. The molecule has 0 amide bonds. The molecule has 0 radical (unpaired) electrons. The highest BCUT2D eigenvalue weighted by atomic mass is 15.3. The van der Waals surface area contributed by atoms with Crippen LogP contribution in [0.3, 0.4) is 0 Å². The molecule has 1 unspecified atom stereocenters. The van der Waals surface area contributed by atoms with Crippen molar-refractivity contribution >= 4 is 11.5 Å². The van der Waals surface area contributed by atoms with Crippen LogP contribution in [0.2, 0.25) is 0 Å². The zero-order valence-corrected chi connectivity index (χ0v) is 19.9. The average Bonchev–Trinajstić information content (AvgIpc) is 3.44. The van der Waals surface area contributed by atoms with E-state index in [0.29, 0.717) is 17.6 Å².